The summed E-state index contributed by atoms with van der Waals surface area (Å²) < 4.78 is 6.13. The van der Waals surface area contributed by atoms with E-state index in [2.05, 4.69) is 10.2 Å². The van der Waals surface area contributed by atoms with Crippen LogP contribution in [-0.4, -0.2) is 10.2 Å². The minimum Gasteiger partial charge on any atom is -0.367 e. The first-order valence-corrected chi connectivity index (χ1v) is 6.09. The highest BCUT2D eigenvalue weighted by atomic mass is 35.5. The molecule has 0 radical (unpaired) electrons. The smallest absolute Gasteiger partial charge is 0.207 e. The van der Waals surface area contributed by atoms with E-state index < -0.39 is 0 Å². The normalized spacial score (nSPS) is 12.6. The lowest BCUT2D eigenvalue weighted by Gasteiger charge is -2.11. The molecule has 1 heterocycles. The van der Waals surface area contributed by atoms with Crippen molar-refractivity contribution in [1.82, 2.24) is 10.2 Å². The Balaban J connectivity index is 1.91. The zero-order valence-electron chi connectivity index (χ0n) is 8.76. The number of aromatic nitrogens is 2. The molecule has 3 nitrogen and oxygen atoms in total. The SMILES string of the molecule is CC(OCc1nnc(Cl)s1)c1ccccc1. The van der Waals surface area contributed by atoms with E-state index in [1.54, 1.807) is 0 Å². The summed E-state index contributed by atoms with van der Waals surface area (Å²) in [6.45, 7) is 2.46. The second-order valence-corrected chi connectivity index (χ2v) is 4.96. The van der Waals surface area contributed by atoms with Gasteiger partial charge in [0.1, 0.15) is 11.6 Å². The molecule has 0 saturated carbocycles. The van der Waals surface area contributed by atoms with Crippen LogP contribution in [0.15, 0.2) is 30.3 Å². The Bertz CT molecular complexity index is 446. The van der Waals surface area contributed by atoms with Gasteiger partial charge in [-0.3, -0.25) is 0 Å². The molecule has 0 amide bonds. The zero-order chi connectivity index (χ0) is 11.4. The monoisotopic (exact) mass is 254 g/mol. The summed E-state index contributed by atoms with van der Waals surface area (Å²) in [5, 5.41) is 8.41. The number of rotatable bonds is 4. The number of ether oxygens (including phenoxy) is 1. The Morgan fingerprint density at radius 2 is 2.06 bits per heavy atom. The molecule has 0 aliphatic carbocycles. The minimum absolute atomic E-state index is 0.0453. The maximum Gasteiger partial charge on any atom is 0.207 e. The molecule has 2 rings (SSSR count). The van der Waals surface area contributed by atoms with E-state index in [1.807, 2.05) is 37.3 Å². The molecule has 1 aromatic heterocycles. The first-order chi connectivity index (χ1) is 7.75. The quantitative estimate of drug-likeness (QED) is 0.838. The highest BCUT2D eigenvalue weighted by Crippen LogP contribution is 2.20. The van der Waals surface area contributed by atoms with Gasteiger partial charge >= 0.3 is 0 Å². The van der Waals surface area contributed by atoms with E-state index in [0.29, 0.717) is 11.1 Å². The second-order valence-electron chi connectivity index (χ2n) is 3.31. The van der Waals surface area contributed by atoms with Crippen LogP contribution in [0, 0.1) is 0 Å². The van der Waals surface area contributed by atoms with Crippen molar-refractivity contribution in [2.24, 2.45) is 0 Å². The van der Waals surface area contributed by atoms with Gasteiger partial charge in [0.2, 0.25) is 4.47 Å². The van der Waals surface area contributed by atoms with Crippen LogP contribution in [0.25, 0.3) is 0 Å². The zero-order valence-corrected chi connectivity index (χ0v) is 10.3. The molecular formula is C11H11ClN2OS. The summed E-state index contributed by atoms with van der Waals surface area (Å²) in [6.07, 6.45) is 0.0453. The Morgan fingerprint density at radius 3 is 2.69 bits per heavy atom. The summed E-state index contributed by atoms with van der Waals surface area (Å²) in [7, 11) is 0. The average molecular weight is 255 g/mol. The molecule has 0 N–H and O–H groups in total. The van der Waals surface area contributed by atoms with Gasteiger partial charge in [-0.1, -0.05) is 41.7 Å². The second kappa shape index (κ2) is 5.39. The Hall–Kier alpha value is -0.970. The fourth-order valence-corrected chi connectivity index (χ4v) is 2.10. The number of halogens is 1. The molecule has 0 spiro atoms. The maximum absolute atomic E-state index is 5.68. The van der Waals surface area contributed by atoms with Crippen LogP contribution in [0.3, 0.4) is 0 Å². The standard InChI is InChI=1S/C11H11ClN2OS/c1-8(9-5-3-2-4-6-9)15-7-10-13-14-11(12)16-10/h2-6,8H,7H2,1H3. The van der Waals surface area contributed by atoms with Crippen LogP contribution in [0.2, 0.25) is 4.47 Å². The third-order valence-electron chi connectivity index (χ3n) is 2.17. The number of nitrogens with zero attached hydrogens (tertiary/aromatic N) is 2. The van der Waals surface area contributed by atoms with Crippen LogP contribution in [-0.2, 0) is 11.3 Å². The third kappa shape index (κ3) is 3.01. The number of hydrogen-bond donors (Lipinski definition) is 0. The molecule has 1 aromatic carbocycles. The van der Waals surface area contributed by atoms with Crippen molar-refractivity contribution in [2.45, 2.75) is 19.6 Å². The van der Waals surface area contributed by atoms with Gasteiger partial charge in [0.15, 0.2) is 0 Å². The summed E-state index contributed by atoms with van der Waals surface area (Å²) in [4.78, 5) is 0. The maximum atomic E-state index is 5.68. The van der Waals surface area contributed by atoms with Gasteiger partial charge in [-0.2, -0.15) is 0 Å². The van der Waals surface area contributed by atoms with Gasteiger partial charge in [0.05, 0.1) is 6.10 Å². The summed E-state index contributed by atoms with van der Waals surface area (Å²) in [6, 6.07) is 10.1. The van der Waals surface area contributed by atoms with E-state index in [1.165, 1.54) is 11.3 Å². The van der Waals surface area contributed by atoms with Crippen LogP contribution < -0.4 is 0 Å². The van der Waals surface area contributed by atoms with Crippen molar-refractivity contribution in [2.75, 3.05) is 0 Å². The van der Waals surface area contributed by atoms with Gasteiger partial charge in [-0.15, -0.1) is 10.2 Å². The van der Waals surface area contributed by atoms with E-state index in [0.717, 1.165) is 10.6 Å². The summed E-state index contributed by atoms with van der Waals surface area (Å²) in [5.74, 6) is 0. The Labute approximate surface area is 103 Å². The van der Waals surface area contributed by atoms with E-state index in [-0.39, 0.29) is 6.10 Å². The molecule has 1 unspecified atom stereocenters. The first kappa shape index (κ1) is 11.5. The molecule has 84 valence electrons. The summed E-state index contributed by atoms with van der Waals surface area (Å²) in [5.41, 5.74) is 1.15. The third-order valence-corrected chi connectivity index (χ3v) is 3.16. The molecule has 0 saturated heterocycles. The Kier molecular flexibility index (Phi) is 3.88. The molecule has 0 aliphatic heterocycles. The molecule has 5 heteroatoms. The predicted molar refractivity (Wildman–Crippen MR) is 64.6 cm³/mol. The lowest BCUT2D eigenvalue weighted by atomic mass is 10.1. The first-order valence-electron chi connectivity index (χ1n) is 4.90. The fourth-order valence-electron chi connectivity index (χ4n) is 1.31. The molecule has 0 fully saturated rings. The topological polar surface area (TPSA) is 35.0 Å². The lowest BCUT2D eigenvalue weighted by molar-refractivity contribution is 0.0521. The van der Waals surface area contributed by atoms with Crippen molar-refractivity contribution >= 4 is 22.9 Å². The highest BCUT2D eigenvalue weighted by Gasteiger charge is 2.07. The van der Waals surface area contributed by atoms with E-state index in [9.17, 15) is 0 Å². The van der Waals surface area contributed by atoms with Crippen LogP contribution in [0.4, 0.5) is 0 Å². The minimum atomic E-state index is 0.0453. The lowest BCUT2D eigenvalue weighted by Crippen LogP contribution is -1.99. The van der Waals surface area contributed by atoms with E-state index >= 15 is 0 Å². The van der Waals surface area contributed by atoms with Crippen LogP contribution in [0.1, 0.15) is 23.6 Å². The van der Waals surface area contributed by atoms with Crippen molar-refractivity contribution in [3.63, 3.8) is 0 Å². The van der Waals surface area contributed by atoms with Crippen molar-refractivity contribution in [1.29, 1.82) is 0 Å². The van der Waals surface area contributed by atoms with Gasteiger partial charge < -0.3 is 4.74 Å². The molecule has 2 aromatic rings. The number of hydrogen-bond acceptors (Lipinski definition) is 4. The average Bonchev–Trinajstić information content (AvgIpc) is 2.73. The van der Waals surface area contributed by atoms with Crippen LogP contribution in [0.5, 0.6) is 0 Å². The van der Waals surface area contributed by atoms with Gasteiger partial charge in [0, 0.05) is 0 Å². The largest absolute Gasteiger partial charge is 0.367 e. The fraction of sp³-hybridized carbons (Fsp3) is 0.273. The van der Waals surface area contributed by atoms with Crippen molar-refractivity contribution in [3.05, 3.63) is 45.4 Å². The van der Waals surface area contributed by atoms with Gasteiger partial charge in [-0.05, 0) is 24.1 Å². The molecular weight excluding hydrogens is 244 g/mol. The van der Waals surface area contributed by atoms with Gasteiger partial charge in [0.25, 0.3) is 0 Å². The van der Waals surface area contributed by atoms with Crippen molar-refractivity contribution in [3.8, 4) is 0 Å². The van der Waals surface area contributed by atoms with Crippen LogP contribution >= 0.6 is 22.9 Å². The number of benzene rings is 1. The van der Waals surface area contributed by atoms with Gasteiger partial charge in [-0.25, -0.2) is 0 Å². The molecule has 0 aliphatic rings. The summed E-state index contributed by atoms with van der Waals surface area (Å²) >= 11 is 7.03. The van der Waals surface area contributed by atoms with E-state index in [4.69, 9.17) is 16.3 Å². The van der Waals surface area contributed by atoms with Crippen molar-refractivity contribution < 1.29 is 4.74 Å². The molecule has 0 bridgehead atoms. The predicted octanol–water partition coefficient (Wildman–Crippen LogP) is 3.47. The molecule has 1 atom stereocenters. The highest BCUT2D eigenvalue weighted by molar-refractivity contribution is 7.15. The Morgan fingerprint density at radius 1 is 1.31 bits per heavy atom. The molecule has 16 heavy (non-hydrogen) atoms.